The molecule has 1 aliphatic rings. The van der Waals surface area contributed by atoms with E-state index in [1.165, 1.54) is 0 Å². The van der Waals surface area contributed by atoms with E-state index in [4.69, 9.17) is 0 Å². The fourth-order valence-electron chi connectivity index (χ4n) is 1.92. The highest BCUT2D eigenvalue weighted by molar-refractivity contribution is 9.10. The minimum atomic E-state index is -3.33. The molecule has 0 aromatic carbocycles. The third-order valence-corrected chi connectivity index (χ3v) is 6.67. The SMILES string of the molecule is CC1CCN(S(=O)(=O)NCc2sccc2Br)CC1. The lowest BCUT2D eigenvalue weighted by Gasteiger charge is -2.29. The van der Waals surface area contributed by atoms with Crippen LogP contribution < -0.4 is 4.72 Å². The smallest absolute Gasteiger partial charge is 0.197 e. The van der Waals surface area contributed by atoms with Gasteiger partial charge in [0.05, 0.1) is 0 Å². The van der Waals surface area contributed by atoms with E-state index in [-0.39, 0.29) is 0 Å². The quantitative estimate of drug-likeness (QED) is 0.905. The number of hydrogen-bond acceptors (Lipinski definition) is 3. The molecule has 7 heteroatoms. The first-order valence-corrected chi connectivity index (χ1v) is 9.07. The second kappa shape index (κ2) is 6.00. The Morgan fingerprint density at radius 1 is 1.50 bits per heavy atom. The zero-order chi connectivity index (χ0) is 13.2. The highest BCUT2D eigenvalue weighted by atomic mass is 79.9. The molecule has 0 spiro atoms. The van der Waals surface area contributed by atoms with E-state index in [9.17, 15) is 8.42 Å². The topological polar surface area (TPSA) is 49.4 Å². The maximum atomic E-state index is 12.1. The highest BCUT2D eigenvalue weighted by Crippen LogP contribution is 2.23. The molecule has 102 valence electrons. The fourth-order valence-corrected chi connectivity index (χ4v) is 4.65. The van der Waals surface area contributed by atoms with Crippen molar-refractivity contribution in [3.05, 3.63) is 20.8 Å². The van der Waals surface area contributed by atoms with Gasteiger partial charge in [-0.25, -0.2) is 0 Å². The fraction of sp³-hybridized carbons (Fsp3) is 0.636. The Bertz CT molecular complexity index is 493. The molecule has 0 atom stereocenters. The summed E-state index contributed by atoms with van der Waals surface area (Å²) >= 11 is 4.94. The van der Waals surface area contributed by atoms with Gasteiger partial charge in [-0.2, -0.15) is 17.4 Å². The molecule has 0 amide bonds. The molecule has 0 bridgehead atoms. The zero-order valence-corrected chi connectivity index (χ0v) is 13.4. The molecule has 2 rings (SSSR count). The number of rotatable bonds is 4. The number of hydrogen-bond donors (Lipinski definition) is 1. The Kier molecular flexibility index (Phi) is 4.82. The monoisotopic (exact) mass is 352 g/mol. The maximum Gasteiger partial charge on any atom is 0.279 e. The van der Waals surface area contributed by atoms with Crippen LogP contribution in [0.2, 0.25) is 0 Å². The van der Waals surface area contributed by atoms with Gasteiger partial charge < -0.3 is 0 Å². The standard InChI is InChI=1S/C11H17BrN2O2S2/c1-9-2-5-14(6-3-9)18(15,16)13-8-11-10(12)4-7-17-11/h4,7,9,13H,2-3,5-6,8H2,1H3. The molecular formula is C11H17BrN2O2S2. The van der Waals surface area contributed by atoms with Gasteiger partial charge in [-0.3, -0.25) is 0 Å². The van der Waals surface area contributed by atoms with Crippen molar-refractivity contribution in [1.29, 1.82) is 0 Å². The lowest BCUT2D eigenvalue weighted by Crippen LogP contribution is -2.44. The van der Waals surface area contributed by atoms with Crippen LogP contribution in [0.25, 0.3) is 0 Å². The molecule has 1 aromatic heterocycles. The van der Waals surface area contributed by atoms with Gasteiger partial charge in [0.2, 0.25) is 0 Å². The maximum absolute atomic E-state index is 12.1. The van der Waals surface area contributed by atoms with Crippen LogP contribution in [0.5, 0.6) is 0 Å². The van der Waals surface area contributed by atoms with Gasteiger partial charge in [0.1, 0.15) is 0 Å². The summed E-state index contributed by atoms with van der Waals surface area (Å²) < 4.78 is 29.4. The van der Waals surface area contributed by atoms with Crippen molar-refractivity contribution >= 4 is 37.5 Å². The first kappa shape index (κ1) is 14.5. The van der Waals surface area contributed by atoms with Gasteiger partial charge >= 0.3 is 0 Å². The third kappa shape index (κ3) is 3.54. The zero-order valence-electron chi connectivity index (χ0n) is 10.2. The normalized spacial score (nSPS) is 19.2. The second-order valence-electron chi connectivity index (χ2n) is 4.60. The first-order chi connectivity index (χ1) is 8.49. The first-order valence-electron chi connectivity index (χ1n) is 5.95. The molecule has 1 N–H and O–H groups in total. The summed E-state index contributed by atoms with van der Waals surface area (Å²) in [6.45, 7) is 3.77. The van der Waals surface area contributed by atoms with E-state index in [0.717, 1.165) is 22.2 Å². The van der Waals surface area contributed by atoms with Crippen LogP contribution in [-0.4, -0.2) is 25.8 Å². The summed E-state index contributed by atoms with van der Waals surface area (Å²) in [5.74, 6) is 0.628. The molecule has 0 radical (unpaired) electrons. The lowest BCUT2D eigenvalue weighted by molar-refractivity contribution is 0.285. The van der Waals surface area contributed by atoms with Crippen molar-refractivity contribution in [3.8, 4) is 0 Å². The molecule has 0 saturated carbocycles. The van der Waals surface area contributed by atoms with Crippen molar-refractivity contribution in [3.63, 3.8) is 0 Å². The molecule has 1 fully saturated rings. The molecule has 1 aliphatic heterocycles. The lowest BCUT2D eigenvalue weighted by atomic mass is 10.0. The summed E-state index contributed by atoms with van der Waals surface area (Å²) in [5.41, 5.74) is 0. The Hall–Kier alpha value is 0.0500. The van der Waals surface area contributed by atoms with Crippen LogP contribution in [0.15, 0.2) is 15.9 Å². The molecule has 4 nitrogen and oxygen atoms in total. The second-order valence-corrected chi connectivity index (χ2v) is 8.21. The van der Waals surface area contributed by atoms with Gasteiger partial charge in [0.15, 0.2) is 0 Å². The molecule has 1 aromatic rings. The van der Waals surface area contributed by atoms with Crippen molar-refractivity contribution in [2.45, 2.75) is 26.3 Å². The van der Waals surface area contributed by atoms with Crippen LogP contribution in [-0.2, 0) is 16.8 Å². The molecule has 18 heavy (non-hydrogen) atoms. The Morgan fingerprint density at radius 2 is 2.17 bits per heavy atom. The summed E-state index contributed by atoms with van der Waals surface area (Å²) in [5, 5.41) is 1.94. The van der Waals surface area contributed by atoms with Crippen molar-refractivity contribution in [2.75, 3.05) is 13.1 Å². The largest absolute Gasteiger partial charge is 0.279 e. The van der Waals surface area contributed by atoms with Gasteiger partial charge in [-0.1, -0.05) is 6.92 Å². The summed E-state index contributed by atoms with van der Waals surface area (Å²) in [6.07, 6.45) is 1.90. The Balaban J connectivity index is 1.93. The van der Waals surface area contributed by atoms with Crippen LogP contribution in [0, 0.1) is 5.92 Å². The van der Waals surface area contributed by atoms with Gasteiger partial charge in [-0.05, 0) is 46.1 Å². The third-order valence-electron chi connectivity index (χ3n) is 3.19. The average molecular weight is 353 g/mol. The minimum Gasteiger partial charge on any atom is -0.197 e. The van der Waals surface area contributed by atoms with Crippen LogP contribution >= 0.6 is 27.3 Å². The number of nitrogens with zero attached hydrogens (tertiary/aromatic N) is 1. The molecule has 0 unspecified atom stereocenters. The van der Waals surface area contributed by atoms with E-state index in [1.54, 1.807) is 15.6 Å². The molecule has 2 heterocycles. The molecule has 0 aliphatic carbocycles. The van der Waals surface area contributed by atoms with Gasteiger partial charge in [-0.15, -0.1) is 11.3 Å². The van der Waals surface area contributed by atoms with Crippen LogP contribution in [0.1, 0.15) is 24.6 Å². The molecule has 1 saturated heterocycles. The van der Waals surface area contributed by atoms with E-state index < -0.39 is 10.2 Å². The van der Waals surface area contributed by atoms with Gasteiger partial charge in [0.25, 0.3) is 10.2 Å². The summed E-state index contributed by atoms with van der Waals surface area (Å²) in [7, 11) is -3.33. The summed E-state index contributed by atoms with van der Waals surface area (Å²) in [4.78, 5) is 1.00. The van der Waals surface area contributed by atoms with E-state index in [1.807, 2.05) is 11.4 Å². The predicted octanol–water partition coefficient (Wildman–Crippen LogP) is 2.58. The summed E-state index contributed by atoms with van der Waals surface area (Å²) in [6, 6.07) is 1.93. The molecular weight excluding hydrogens is 336 g/mol. The number of halogens is 1. The highest BCUT2D eigenvalue weighted by Gasteiger charge is 2.26. The van der Waals surface area contributed by atoms with Crippen molar-refractivity contribution in [1.82, 2.24) is 9.03 Å². The number of thiophene rings is 1. The van der Waals surface area contributed by atoms with E-state index >= 15 is 0 Å². The van der Waals surface area contributed by atoms with E-state index in [0.29, 0.717) is 25.6 Å². The number of nitrogens with one attached hydrogen (secondary N) is 1. The predicted molar refractivity (Wildman–Crippen MR) is 77.7 cm³/mol. The van der Waals surface area contributed by atoms with Crippen molar-refractivity contribution in [2.24, 2.45) is 5.92 Å². The van der Waals surface area contributed by atoms with Crippen molar-refractivity contribution < 1.29 is 8.42 Å². The Morgan fingerprint density at radius 3 is 2.72 bits per heavy atom. The average Bonchev–Trinajstić information content (AvgIpc) is 2.73. The number of piperidine rings is 1. The van der Waals surface area contributed by atoms with Crippen LogP contribution in [0.3, 0.4) is 0 Å². The van der Waals surface area contributed by atoms with Crippen LogP contribution in [0.4, 0.5) is 0 Å². The Labute approximate surface area is 121 Å². The minimum absolute atomic E-state index is 0.354. The van der Waals surface area contributed by atoms with E-state index in [2.05, 4.69) is 27.6 Å². The van der Waals surface area contributed by atoms with Gasteiger partial charge in [0, 0.05) is 29.0 Å².